The highest BCUT2D eigenvalue weighted by molar-refractivity contribution is 8.14. The Balaban J connectivity index is 2.43. The molecular weight excluding hydrogens is 280 g/mol. The van der Waals surface area contributed by atoms with E-state index < -0.39 is 5.41 Å². The van der Waals surface area contributed by atoms with Gasteiger partial charge in [-0.05, 0) is 32.4 Å². The summed E-state index contributed by atoms with van der Waals surface area (Å²) in [7, 11) is 0. The second-order valence-corrected chi connectivity index (χ2v) is 7.67. The highest BCUT2D eigenvalue weighted by Crippen LogP contribution is 2.34. The lowest BCUT2D eigenvalue weighted by atomic mass is 9.86. The zero-order chi connectivity index (χ0) is 15.6. The minimum absolute atomic E-state index is 0.000414. The van der Waals surface area contributed by atoms with Gasteiger partial charge in [-0.2, -0.15) is 0 Å². The molecule has 4 heteroatoms. The molecule has 1 aromatic rings. The van der Waals surface area contributed by atoms with Crippen LogP contribution in [0.2, 0.25) is 0 Å². The Morgan fingerprint density at radius 3 is 2.67 bits per heavy atom. The lowest BCUT2D eigenvalue weighted by Gasteiger charge is -2.30. The van der Waals surface area contributed by atoms with Crippen LogP contribution in [0.25, 0.3) is 6.08 Å². The van der Waals surface area contributed by atoms with E-state index in [1.165, 1.54) is 5.56 Å². The molecule has 0 spiro atoms. The fraction of sp³-hybridized carbons (Fsp3) is 0.412. The fourth-order valence-electron chi connectivity index (χ4n) is 2.06. The Morgan fingerprint density at radius 2 is 2.05 bits per heavy atom. The highest BCUT2D eigenvalue weighted by Gasteiger charge is 2.36. The standard InChI is InChI=1S/C17H22N2OS/c1-11(2)21-16-18-14(17(4,5)15(20)19-16)10-13-8-6-7-12(3)9-13/h6-11H,1-5H3,(H,18,19,20)/b14-10+. The summed E-state index contributed by atoms with van der Waals surface area (Å²) < 4.78 is 0. The van der Waals surface area contributed by atoms with Crippen molar-refractivity contribution in [2.24, 2.45) is 10.4 Å². The molecule has 0 saturated heterocycles. The molecule has 1 aliphatic heterocycles. The molecule has 21 heavy (non-hydrogen) atoms. The smallest absolute Gasteiger partial charge is 0.237 e. The van der Waals surface area contributed by atoms with Gasteiger partial charge in [0.1, 0.15) is 0 Å². The number of hydrogen-bond donors (Lipinski definition) is 1. The average molecular weight is 302 g/mol. The summed E-state index contributed by atoms with van der Waals surface area (Å²) in [5, 5.41) is 3.97. The van der Waals surface area contributed by atoms with Crippen LogP contribution in [0.15, 0.2) is 35.0 Å². The normalized spacial score (nSPS) is 19.6. The summed E-state index contributed by atoms with van der Waals surface area (Å²) in [6.45, 7) is 10.0. The minimum Gasteiger partial charge on any atom is -0.304 e. The number of hydrogen-bond acceptors (Lipinski definition) is 3. The SMILES string of the molecule is Cc1cccc(/C=C2/N=C(SC(C)C)NC(=O)C2(C)C)c1. The summed E-state index contributed by atoms with van der Waals surface area (Å²) in [6.07, 6.45) is 2.01. The van der Waals surface area contributed by atoms with Crippen molar-refractivity contribution in [1.82, 2.24) is 5.32 Å². The van der Waals surface area contributed by atoms with Crippen LogP contribution in [0.4, 0.5) is 0 Å². The van der Waals surface area contributed by atoms with Crippen LogP contribution < -0.4 is 5.32 Å². The molecule has 0 aromatic heterocycles. The van der Waals surface area contributed by atoms with Gasteiger partial charge >= 0.3 is 0 Å². The van der Waals surface area contributed by atoms with Crippen LogP contribution in [0, 0.1) is 12.3 Å². The van der Waals surface area contributed by atoms with Crippen LogP contribution in [0.3, 0.4) is 0 Å². The predicted octanol–water partition coefficient (Wildman–Crippen LogP) is 3.99. The van der Waals surface area contributed by atoms with Gasteiger partial charge in [-0.1, -0.05) is 55.4 Å². The van der Waals surface area contributed by atoms with E-state index in [9.17, 15) is 4.79 Å². The first-order chi connectivity index (χ1) is 9.79. The number of carbonyl (C=O) groups is 1. The van der Waals surface area contributed by atoms with Crippen molar-refractivity contribution in [1.29, 1.82) is 0 Å². The monoisotopic (exact) mass is 302 g/mol. The number of nitrogens with zero attached hydrogens (tertiary/aromatic N) is 1. The second kappa shape index (κ2) is 6.06. The zero-order valence-electron chi connectivity index (χ0n) is 13.2. The molecule has 1 N–H and O–H groups in total. The van der Waals surface area contributed by atoms with Gasteiger partial charge in [0, 0.05) is 5.25 Å². The Kier molecular flexibility index (Phi) is 4.57. The lowest BCUT2D eigenvalue weighted by Crippen LogP contribution is -2.44. The maximum absolute atomic E-state index is 12.3. The van der Waals surface area contributed by atoms with E-state index in [-0.39, 0.29) is 5.91 Å². The van der Waals surface area contributed by atoms with Crippen molar-refractivity contribution < 1.29 is 4.79 Å². The first-order valence-corrected chi connectivity index (χ1v) is 8.02. The summed E-state index contributed by atoms with van der Waals surface area (Å²) >= 11 is 1.57. The maximum Gasteiger partial charge on any atom is 0.237 e. The third-order valence-corrected chi connectivity index (χ3v) is 4.23. The van der Waals surface area contributed by atoms with E-state index in [2.05, 4.69) is 43.2 Å². The number of aryl methyl sites for hydroxylation is 1. The van der Waals surface area contributed by atoms with Crippen molar-refractivity contribution in [3.8, 4) is 0 Å². The van der Waals surface area contributed by atoms with Gasteiger partial charge in [0.25, 0.3) is 0 Å². The molecule has 1 aromatic carbocycles. The number of rotatable bonds is 2. The second-order valence-electron chi connectivity index (χ2n) is 6.11. The summed E-state index contributed by atoms with van der Waals surface area (Å²) in [5.74, 6) is -0.000414. The third-order valence-electron chi connectivity index (χ3n) is 3.34. The van der Waals surface area contributed by atoms with Crippen LogP contribution in [-0.4, -0.2) is 16.3 Å². The first-order valence-electron chi connectivity index (χ1n) is 7.14. The maximum atomic E-state index is 12.3. The Morgan fingerprint density at radius 1 is 1.33 bits per heavy atom. The molecule has 0 unspecified atom stereocenters. The van der Waals surface area contributed by atoms with Gasteiger partial charge in [-0.25, -0.2) is 4.99 Å². The molecule has 1 amide bonds. The van der Waals surface area contributed by atoms with Crippen molar-refractivity contribution in [3.63, 3.8) is 0 Å². The van der Waals surface area contributed by atoms with E-state index in [0.717, 1.165) is 11.3 Å². The van der Waals surface area contributed by atoms with Gasteiger partial charge in [-0.15, -0.1) is 0 Å². The fourth-order valence-corrected chi connectivity index (χ4v) is 2.81. The van der Waals surface area contributed by atoms with Gasteiger partial charge in [0.05, 0.1) is 11.1 Å². The van der Waals surface area contributed by atoms with E-state index in [1.54, 1.807) is 11.8 Å². The largest absolute Gasteiger partial charge is 0.304 e. The molecule has 0 atom stereocenters. The Bertz CT molecular complexity index is 615. The molecule has 0 aliphatic carbocycles. The summed E-state index contributed by atoms with van der Waals surface area (Å²) in [5.41, 5.74) is 2.46. The molecule has 3 nitrogen and oxygen atoms in total. The van der Waals surface area contributed by atoms with E-state index in [4.69, 9.17) is 0 Å². The van der Waals surface area contributed by atoms with Crippen LogP contribution in [-0.2, 0) is 4.79 Å². The number of carbonyl (C=O) groups excluding carboxylic acids is 1. The lowest BCUT2D eigenvalue weighted by molar-refractivity contribution is -0.126. The molecular formula is C17H22N2OS. The van der Waals surface area contributed by atoms with Crippen molar-refractivity contribution in [3.05, 3.63) is 41.1 Å². The van der Waals surface area contributed by atoms with E-state index in [1.807, 2.05) is 32.1 Å². The Hall–Kier alpha value is -1.55. The number of nitrogens with one attached hydrogen (secondary N) is 1. The number of benzene rings is 1. The number of amidine groups is 1. The third kappa shape index (κ3) is 3.76. The predicted molar refractivity (Wildman–Crippen MR) is 91.2 cm³/mol. The molecule has 0 bridgehead atoms. The Labute approximate surface area is 130 Å². The number of thioether (sulfide) groups is 1. The zero-order valence-corrected chi connectivity index (χ0v) is 14.0. The van der Waals surface area contributed by atoms with Crippen LogP contribution in [0.1, 0.15) is 38.8 Å². The van der Waals surface area contributed by atoms with Crippen LogP contribution >= 0.6 is 11.8 Å². The molecule has 0 radical (unpaired) electrons. The van der Waals surface area contributed by atoms with Crippen LogP contribution in [0.5, 0.6) is 0 Å². The highest BCUT2D eigenvalue weighted by atomic mass is 32.2. The summed E-state index contributed by atoms with van der Waals surface area (Å²) in [4.78, 5) is 17.0. The number of aliphatic imine (C=N–C) groups is 1. The quantitative estimate of drug-likeness (QED) is 0.897. The van der Waals surface area contributed by atoms with Crippen molar-refractivity contribution in [2.45, 2.75) is 39.9 Å². The van der Waals surface area contributed by atoms with Crippen molar-refractivity contribution >= 4 is 28.9 Å². The van der Waals surface area contributed by atoms with E-state index >= 15 is 0 Å². The molecule has 112 valence electrons. The van der Waals surface area contributed by atoms with E-state index in [0.29, 0.717) is 10.4 Å². The molecule has 0 fully saturated rings. The van der Waals surface area contributed by atoms with Gasteiger partial charge in [0.2, 0.25) is 5.91 Å². The molecule has 0 saturated carbocycles. The van der Waals surface area contributed by atoms with Gasteiger partial charge < -0.3 is 5.32 Å². The molecule has 1 heterocycles. The molecule has 2 rings (SSSR count). The minimum atomic E-state index is -0.620. The first kappa shape index (κ1) is 15.8. The topological polar surface area (TPSA) is 41.5 Å². The van der Waals surface area contributed by atoms with Gasteiger partial charge in [0.15, 0.2) is 5.17 Å². The average Bonchev–Trinajstić information content (AvgIpc) is 2.35. The van der Waals surface area contributed by atoms with Gasteiger partial charge in [-0.3, -0.25) is 4.79 Å². The number of amides is 1. The van der Waals surface area contributed by atoms with Crippen molar-refractivity contribution in [2.75, 3.05) is 0 Å². The molecule has 1 aliphatic rings. The summed E-state index contributed by atoms with van der Waals surface area (Å²) in [6, 6.07) is 8.21.